The third-order valence-corrected chi connectivity index (χ3v) is 6.35. The van der Waals surface area contributed by atoms with Crippen molar-refractivity contribution in [2.24, 2.45) is 0 Å². The van der Waals surface area contributed by atoms with Crippen molar-refractivity contribution in [2.45, 2.75) is 18.0 Å². The van der Waals surface area contributed by atoms with Crippen molar-refractivity contribution < 1.29 is 44.7 Å². The first kappa shape index (κ1) is 30.8. The Morgan fingerprint density at radius 3 is 2.08 bits per heavy atom. The van der Waals surface area contributed by atoms with E-state index in [4.69, 9.17) is 11.6 Å². The largest absolute Gasteiger partial charge is 0.435 e. The fourth-order valence-corrected chi connectivity index (χ4v) is 4.67. The Labute approximate surface area is 234 Å². The number of benzene rings is 3. The van der Waals surface area contributed by atoms with E-state index in [0.717, 1.165) is 12.1 Å². The van der Waals surface area contributed by atoms with E-state index in [9.17, 15) is 45.6 Å². The first-order chi connectivity index (χ1) is 18.5. The zero-order valence-corrected chi connectivity index (χ0v) is 21.8. The van der Waals surface area contributed by atoms with Gasteiger partial charge in [-0.05, 0) is 52.3 Å². The molecule has 0 aliphatic rings. The summed E-state index contributed by atoms with van der Waals surface area (Å²) < 4.78 is 109. The van der Waals surface area contributed by atoms with E-state index in [2.05, 4.69) is 21.2 Å². The molecule has 0 aliphatic carbocycles. The van der Waals surface area contributed by atoms with Crippen LogP contribution in [0.25, 0.3) is 0 Å². The number of rotatable bonds is 6. The van der Waals surface area contributed by atoms with E-state index in [1.165, 1.54) is 18.2 Å². The molecule has 0 fully saturated rings. The van der Waals surface area contributed by atoms with Crippen LogP contribution in [0.2, 0.25) is 5.02 Å². The number of nitriles is 1. The van der Waals surface area contributed by atoms with E-state index >= 15 is 4.39 Å². The quantitative estimate of drug-likeness (QED) is 0.217. The maximum absolute atomic E-state index is 15.3. The van der Waals surface area contributed by atoms with Crippen LogP contribution in [0.5, 0.6) is 0 Å². The van der Waals surface area contributed by atoms with Crippen LogP contribution in [0.1, 0.15) is 26.3 Å². The molecular weight excluding hydrogens is 642 g/mol. The molecule has 0 bridgehead atoms. The molecule has 210 valence electrons. The van der Waals surface area contributed by atoms with Crippen LogP contribution < -0.4 is 10.2 Å². The summed E-state index contributed by atoms with van der Waals surface area (Å²) in [6, 6.07) is 12.5. The summed E-state index contributed by atoms with van der Waals surface area (Å²) in [5, 5.41) is 10.5. The van der Waals surface area contributed by atoms with Gasteiger partial charge in [0.05, 0.1) is 28.0 Å². The Morgan fingerprint density at radius 1 is 0.950 bits per heavy atom. The number of halogens is 10. The van der Waals surface area contributed by atoms with Gasteiger partial charge in [0, 0.05) is 15.6 Å². The highest BCUT2D eigenvalue weighted by atomic mass is 79.9. The molecule has 5 nitrogen and oxygen atoms in total. The van der Waals surface area contributed by atoms with Crippen molar-refractivity contribution in [3.8, 4) is 6.07 Å². The molecule has 0 saturated carbocycles. The second kappa shape index (κ2) is 11.4. The Hall–Kier alpha value is -3.70. The van der Waals surface area contributed by atoms with Gasteiger partial charge in [0.2, 0.25) is 0 Å². The Morgan fingerprint density at radius 2 is 1.55 bits per heavy atom. The topological polar surface area (TPSA) is 73.2 Å². The number of carbonyl (C=O) groups excluding carboxylic acids is 2. The van der Waals surface area contributed by atoms with Crippen molar-refractivity contribution in [3.63, 3.8) is 0 Å². The lowest BCUT2D eigenvalue weighted by Crippen LogP contribution is -2.50. The molecule has 0 spiro atoms. The predicted octanol–water partition coefficient (Wildman–Crippen LogP) is 7.95. The van der Waals surface area contributed by atoms with Crippen LogP contribution in [0.4, 0.5) is 46.5 Å². The number of nitrogens with one attached hydrogen (secondary N) is 1. The number of nitrogens with zero attached hydrogens (tertiary/aromatic N) is 2. The molecule has 1 N–H and O–H groups in total. The molecule has 3 aromatic rings. The normalized spacial score (nSPS) is 12.0. The summed E-state index contributed by atoms with van der Waals surface area (Å²) in [6.45, 7) is -0.907. The van der Waals surface area contributed by atoms with Crippen LogP contribution in [-0.2, 0) is 5.67 Å². The summed E-state index contributed by atoms with van der Waals surface area (Å²) in [6.07, 6.45) is -12.9. The van der Waals surface area contributed by atoms with Gasteiger partial charge in [0.1, 0.15) is 6.54 Å². The van der Waals surface area contributed by atoms with Crippen molar-refractivity contribution in [3.05, 3.63) is 92.7 Å². The number of hydrogen-bond donors (Lipinski definition) is 1. The fraction of sp³-hybridized carbons (Fsp3) is 0.160. The minimum atomic E-state index is -6.44. The van der Waals surface area contributed by atoms with Gasteiger partial charge >= 0.3 is 18.0 Å². The summed E-state index contributed by atoms with van der Waals surface area (Å²) in [5.41, 5.74) is -9.45. The van der Waals surface area contributed by atoms with Gasteiger partial charge in [-0.1, -0.05) is 35.9 Å². The second-order valence-corrected chi connectivity index (χ2v) is 9.24. The molecule has 0 unspecified atom stereocenters. The van der Waals surface area contributed by atoms with Crippen LogP contribution in [0.15, 0.2) is 65.1 Å². The van der Waals surface area contributed by atoms with Crippen molar-refractivity contribution in [1.82, 2.24) is 0 Å². The molecule has 3 aromatic carbocycles. The molecular formula is C25H13BrClF8N3O2. The lowest BCUT2D eigenvalue weighted by atomic mass is 9.93. The molecule has 2 amide bonds. The van der Waals surface area contributed by atoms with Gasteiger partial charge in [-0.25, -0.2) is 8.78 Å². The summed E-state index contributed by atoms with van der Waals surface area (Å²) in [5.74, 6) is -3.30. The smallest absolute Gasteiger partial charge is 0.319 e. The van der Waals surface area contributed by atoms with Crippen molar-refractivity contribution >= 4 is 50.7 Å². The molecule has 3 rings (SSSR count). The summed E-state index contributed by atoms with van der Waals surface area (Å²) in [7, 11) is 0. The van der Waals surface area contributed by atoms with Crippen molar-refractivity contribution in [1.29, 1.82) is 5.26 Å². The third-order valence-electron chi connectivity index (χ3n) is 5.45. The van der Waals surface area contributed by atoms with E-state index in [0.29, 0.717) is 4.90 Å². The van der Waals surface area contributed by atoms with Crippen LogP contribution >= 0.6 is 27.5 Å². The molecule has 40 heavy (non-hydrogen) atoms. The number of anilines is 2. The Kier molecular flexibility index (Phi) is 8.80. The second-order valence-electron chi connectivity index (χ2n) is 7.98. The maximum atomic E-state index is 15.3. The monoisotopic (exact) mass is 653 g/mol. The first-order valence-electron chi connectivity index (χ1n) is 10.7. The maximum Gasteiger partial charge on any atom is 0.435 e. The number of amides is 2. The molecule has 15 heteroatoms. The highest BCUT2D eigenvalue weighted by molar-refractivity contribution is 9.10. The van der Waals surface area contributed by atoms with E-state index in [1.54, 1.807) is 24.3 Å². The zero-order chi connectivity index (χ0) is 30.0. The van der Waals surface area contributed by atoms with Gasteiger partial charge < -0.3 is 5.32 Å². The van der Waals surface area contributed by atoms with Crippen LogP contribution in [0, 0.1) is 17.1 Å². The van der Waals surface area contributed by atoms with Gasteiger partial charge in [0.25, 0.3) is 11.8 Å². The summed E-state index contributed by atoms with van der Waals surface area (Å²) >= 11 is 8.61. The van der Waals surface area contributed by atoms with Crippen LogP contribution in [-0.4, -0.2) is 30.7 Å². The summed E-state index contributed by atoms with van der Waals surface area (Å²) in [4.78, 5) is 26.2. The number of hydrogen-bond acceptors (Lipinski definition) is 3. The van der Waals surface area contributed by atoms with Crippen molar-refractivity contribution in [2.75, 3.05) is 16.8 Å². The lowest BCUT2D eigenvalue weighted by Gasteiger charge is -2.31. The minimum Gasteiger partial charge on any atom is -0.319 e. The minimum absolute atomic E-state index is 0.00709. The van der Waals surface area contributed by atoms with Crippen LogP contribution in [0.3, 0.4) is 0 Å². The highest BCUT2D eigenvalue weighted by Crippen LogP contribution is 2.54. The predicted molar refractivity (Wildman–Crippen MR) is 132 cm³/mol. The third kappa shape index (κ3) is 5.75. The average Bonchev–Trinajstić information content (AvgIpc) is 2.87. The van der Waals surface area contributed by atoms with E-state index < -0.39 is 74.2 Å². The Bertz CT molecular complexity index is 1450. The molecule has 0 radical (unpaired) electrons. The standard InChI is InChI=1S/C25H13BrClF8N3O2/c26-16-11-14(23(29,24(30,31)32)25(33,34)35)12-17(27)20(16)38(10-9-36)22(40)15-7-4-8-18(19(15)28)37-21(39)13-5-2-1-3-6-13/h1-8,11-12H,10H2,(H,37,39). The Balaban J connectivity index is 2.07. The zero-order valence-electron chi connectivity index (χ0n) is 19.5. The number of alkyl halides is 7. The van der Waals surface area contributed by atoms with Gasteiger partial charge in [0.15, 0.2) is 5.82 Å². The number of carbonyl (C=O) groups is 2. The molecule has 0 saturated heterocycles. The first-order valence-corrected chi connectivity index (χ1v) is 11.9. The molecule has 0 aromatic heterocycles. The molecule has 0 aliphatic heterocycles. The van der Waals surface area contributed by atoms with Gasteiger partial charge in [-0.15, -0.1) is 0 Å². The van der Waals surface area contributed by atoms with Gasteiger partial charge in [-0.2, -0.15) is 31.6 Å². The average molecular weight is 655 g/mol. The SMILES string of the molecule is N#CCN(C(=O)c1cccc(NC(=O)c2ccccc2)c1F)c1c(Cl)cc(C(F)(C(F)(F)F)C(F)(F)F)cc1Br. The highest BCUT2D eigenvalue weighted by Gasteiger charge is 2.73. The van der Waals surface area contributed by atoms with E-state index in [1.807, 2.05) is 0 Å². The lowest BCUT2D eigenvalue weighted by molar-refractivity contribution is -0.348. The van der Waals surface area contributed by atoms with Gasteiger partial charge in [-0.3, -0.25) is 14.5 Å². The molecule has 0 atom stereocenters. The fourth-order valence-electron chi connectivity index (χ4n) is 3.56. The van der Waals surface area contributed by atoms with E-state index in [-0.39, 0.29) is 17.7 Å². The molecule has 0 heterocycles.